The first-order valence-electron chi connectivity index (χ1n) is 38.1. The SMILES string of the molecule is CCCCCCCCCCCCCCCC/C=C/C(O)C(CO)NC(=O)CCCCCCCCCCCCCCCCCCC/C=C\CCCCCCCCCCCCCCCCCCCCOC(=O)CCCCCCCCCCCCC. The monoisotopic (exact) mass is 1170 g/mol. The number of aliphatic hydroxyl groups excluding tert-OH is 2. The van der Waals surface area contributed by atoms with Crippen molar-refractivity contribution in [3.05, 3.63) is 24.3 Å². The molecular weight excluding hydrogens is 1020 g/mol. The molecule has 0 bridgehead atoms. The van der Waals surface area contributed by atoms with Gasteiger partial charge in [0.2, 0.25) is 5.91 Å². The maximum atomic E-state index is 12.5. The first-order chi connectivity index (χ1) is 41.0. The second-order valence-electron chi connectivity index (χ2n) is 26.3. The highest BCUT2D eigenvalue weighted by Gasteiger charge is 2.18. The predicted octanol–water partition coefficient (Wildman–Crippen LogP) is 24.9. The number of hydrogen-bond acceptors (Lipinski definition) is 5. The van der Waals surface area contributed by atoms with Crippen LogP contribution < -0.4 is 5.32 Å². The maximum Gasteiger partial charge on any atom is 0.305 e. The average Bonchev–Trinajstić information content (AvgIpc) is 3.50. The van der Waals surface area contributed by atoms with Crippen molar-refractivity contribution in [3.63, 3.8) is 0 Å². The van der Waals surface area contributed by atoms with Crippen LogP contribution in [0.5, 0.6) is 0 Å². The Bertz CT molecular complexity index is 1300. The van der Waals surface area contributed by atoms with Gasteiger partial charge in [-0.15, -0.1) is 0 Å². The van der Waals surface area contributed by atoms with Gasteiger partial charge in [-0.1, -0.05) is 385 Å². The number of carbonyl (C=O) groups excluding carboxylic acids is 2. The maximum absolute atomic E-state index is 12.5. The lowest BCUT2D eigenvalue weighted by Gasteiger charge is -2.20. The van der Waals surface area contributed by atoms with E-state index in [1.165, 1.54) is 366 Å². The zero-order chi connectivity index (χ0) is 59.9. The van der Waals surface area contributed by atoms with Gasteiger partial charge in [-0.25, -0.2) is 0 Å². The van der Waals surface area contributed by atoms with Crippen LogP contribution in [0.2, 0.25) is 0 Å². The minimum absolute atomic E-state index is 0.0226. The summed E-state index contributed by atoms with van der Waals surface area (Å²) in [5, 5.41) is 23.2. The number of rotatable bonds is 72. The largest absolute Gasteiger partial charge is 0.466 e. The van der Waals surface area contributed by atoms with E-state index < -0.39 is 12.1 Å². The number of ether oxygens (including phenoxy) is 1. The molecule has 0 heterocycles. The van der Waals surface area contributed by atoms with Gasteiger partial charge in [-0.05, 0) is 57.8 Å². The molecule has 0 aliphatic carbocycles. The zero-order valence-corrected chi connectivity index (χ0v) is 56.5. The molecule has 0 aromatic carbocycles. The first kappa shape index (κ1) is 81.3. The fourth-order valence-electron chi connectivity index (χ4n) is 12.2. The lowest BCUT2D eigenvalue weighted by molar-refractivity contribution is -0.143. The Labute approximate surface area is 520 Å². The van der Waals surface area contributed by atoms with Crippen LogP contribution in [0.3, 0.4) is 0 Å². The molecule has 2 unspecified atom stereocenters. The van der Waals surface area contributed by atoms with Crippen LogP contribution >= 0.6 is 0 Å². The van der Waals surface area contributed by atoms with Gasteiger partial charge in [0.15, 0.2) is 0 Å². The van der Waals surface area contributed by atoms with Gasteiger partial charge in [-0.2, -0.15) is 0 Å². The van der Waals surface area contributed by atoms with Crippen LogP contribution in [0.25, 0.3) is 0 Å². The molecule has 0 saturated heterocycles. The lowest BCUT2D eigenvalue weighted by atomic mass is 10.0. The summed E-state index contributed by atoms with van der Waals surface area (Å²) in [4.78, 5) is 24.5. The normalized spacial score (nSPS) is 12.6. The van der Waals surface area contributed by atoms with Crippen molar-refractivity contribution in [2.45, 2.75) is 443 Å². The molecule has 0 aromatic rings. The molecule has 0 aromatic heterocycles. The highest BCUT2D eigenvalue weighted by atomic mass is 16.5. The summed E-state index contributed by atoms with van der Waals surface area (Å²) < 4.78 is 5.48. The molecule has 0 aliphatic rings. The Kier molecular flexibility index (Phi) is 71.4. The molecule has 0 radical (unpaired) electrons. The summed E-state index contributed by atoms with van der Waals surface area (Å²) >= 11 is 0. The smallest absolute Gasteiger partial charge is 0.305 e. The van der Waals surface area contributed by atoms with Crippen molar-refractivity contribution in [2.24, 2.45) is 0 Å². The van der Waals surface area contributed by atoms with E-state index in [1.807, 2.05) is 6.08 Å². The minimum Gasteiger partial charge on any atom is -0.466 e. The van der Waals surface area contributed by atoms with Crippen LogP contribution in [0, 0.1) is 0 Å². The minimum atomic E-state index is -0.841. The number of esters is 1. The van der Waals surface area contributed by atoms with Crippen LogP contribution in [0.1, 0.15) is 431 Å². The van der Waals surface area contributed by atoms with Gasteiger partial charge in [0.25, 0.3) is 0 Å². The number of amides is 1. The summed E-state index contributed by atoms with van der Waals surface area (Å²) in [5.41, 5.74) is 0. The van der Waals surface area contributed by atoms with Gasteiger partial charge in [-0.3, -0.25) is 9.59 Å². The molecular formula is C77H149NO5. The molecule has 2 atom stereocenters. The molecule has 0 fully saturated rings. The van der Waals surface area contributed by atoms with Gasteiger partial charge >= 0.3 is 5.97 Å². The summed E-state index contributed by atoms with van der Waals surface area (Å²) in [5.74, 6) is -0.0377. The molecule has 83 heavy (non-hydrogen) atoms. The van der Waals surface area contributed by atoms with E-state index >= 15 is 0 Å². The molecule has 1 amide bonds. The Morgan fingerprint density at radius 2 is 0.566 bits per heavy atom. The summed E-state index contributed by atoms with van der Waals surface area (Å²) in [6, 6.07) is -0.624. The molecule has 3 N–H and O–H groups in total. The molecule has 492 valence electrons. The van der Waals surface area contributed by atoms with Crippen molar-refractivity contribution >= 4 is 11.9 Å². The van der Waals surface area contributed by atoms with Gasteiger partial charge in [0, 0.05) is 12.8 Å². The third-order valence-corrected chi connectivity index (χ3v) is 18.0. The number of unbranched alkanes of at least 4 members (excludes halogenated alkanes) is 59. The van der Waals surface area contributed by atoms with E-state index in [4.69, 9.17) is 4.74 Å². The second-order valence-corrected chi connectivity index (χ2v) is 26.3. The molecule has 0 aliphatic heterocycles. The van der Waals surface area contributed by atoms with Gasteiger partial charge in [0.1, 0.15) is 0 Å². The van der Waals surface area contributed by atoms with E-state index in [1.54, 1.807) is 6.08 Å². The summed E-state index contributed by atoms with van der Waals surface area (Å²) in [7, 11) is 0. The highest BCUT2D eigenvalue weighted by molar-refractivity contribution is 5.76. The second kappa shape index (κ2) is 72.8. The Hall–Kier alpha value is -1.66. The average molecular weight is 1170 g/mol. The van der Waals surface area contributed by atoms with Crippen LogP contribution in [-0.4, -0.2) is 47.4 Å². The number of aliphatic hydroxyl groups is 2. The quantitative estimate of drug-likeness (QED) is 0.0320. The predicted molar refractivity (Wildman–Crippen MR) is 366 cm³/mol. The van der Waals surface area contributed by atoms with Gasteiger partial charge < -0.3 is 20.3 Å². The van der Waals surface area contributed by atoms with Crippen molar-refractivity contribution in [3.8, 4) is 0 Å². The fourth-order valence-corrected chi connectivity index (χ4v) is 12.2. The Morgan fingerprint density at radius 1 is 0.325 bits per heavy atom. The molecule has 0 saturated carbocycles. The molecule has 6 heteroatoms. The number of hydrogen-bond donors (Lipinski definition) is 3. The van der Waals surface area contributed by atoms with Crippen molar-refractivity contribution in [1.82, 2.24) is 5.32 Å². The van der Waals surface area contributed by atoms with Crippen molar-refractivity contribution in [1.29, 1.82) is 0 Å². The Balaban J connectivity index is 3.33. The van der Waals surface area contributed by atoms with E-state index in [9.17, 15) is 19.8 Å². The van der Waals surface area contributed by atoms with Crippen LogP contribution in [-0.2, 0) is 14.3 Å². The van der Waals surface area contributed by atoms with Crippen LogP contribution in [0.15, 0.2) is 24.3 Å². The first-order valence-corrected chi connectivity index (χ1v) is 38.1. The standard InChI is InChI=1S/C77H149NO5/c1-3-5-7-9-11-13-15-16-17-43-46-50-53-57-61-65-69-75(80)74(73-79)78-76(81)70-66-62-58-54-51-47-44-41-39-37-35-33-31-29-27-25-23-21-19-18-20-22-24-26-28-30-32-34-36-38-40-42-45-48-52-56-60-64-68-72-83-77(82)71-67-63-59-55-49-14-12-10-8-6-4-2/h18-19,65,69,74-75,79-80H,3-17,20-64,66-68,70-73H2,1-2H3,(H,78,81)/b19-18-,69-65+. The van der Waals surface area contributed by atoms with E-state index in [0.29, 0.717) is 19.4 Å². The summed E-state index contributed by atoms with van der Waals surface area (Å²) in [6.45, 7) is 4.94. The highest BCUT2D eigenvalue weighted by Crippen LogP contribution is 2.19. The molecule has 6 nitrogen and oxygen atoms in total. The zero-order valence-electron chi connectivity index (χ0n) is 56.5. The Morgan fingerprint density at radius 3 is 0.855 bits per heavy atom. The fraction of sp³-hybridized carbons (Fsp3) is 0.922. The molecule has 0 rings (SSSR count). The third kappa shape index (κ3) is 69.3. The number of carbonyl (C=O) groups is 2. The van der Waals surface area contributed by atoms with E-state index in [-0.39, 0.29) is 18.5 Å². The summed E-state index contributed by atoms with van der Waals surface area (Å²) in [6.07, 6.45) is 93.0. The van der Waals surface area contributed by atoms with Crippen molar-refractivity contribution in [2.75, 3.05) is 13.2 Å². The van der Waals surface area contributed by atoms with Gasteiger partial charge in [0.05, 0.1) is 25.4 Å². The number of nitrogens with one attached hydrogen (secondary N) is 1. The lowest BCUT2D eigenvalue weighted by Crippen LogP contribution is -2.45. The van der Waals surface area contributed by atoms with Crippen molar-refractivity contribution < 1.29 is 24.5 Å². The third-order valence-electron chi connectivity index (χ3n) is 18.0. The topological polar surface area (TPSA) is 95.9 Å². The van der Waals surface area contributed by atoms with Crippen LogP contribution in [0.4, 0.5) is 0 Å². The van der Waals surface area contributed by atoms with E-state index in [0.717, 1.165) is 38.5 Å². The number of allylic oxidation sites excluding steroid dienone is 3. The molecule has 0 spiro atoms. The van der Waals surface area contributed by atoms with E-state index in [2.05, 4.69) is 31.3 Å².